The highest BCUT2D eigenvalue weighted by atomic mass is 127. The number of halogens is 1. The summed E-state index contributed by atoms with van der Waals surface area (Å²) in [6.45, 7) is 7.13. The maximum atomic E-state index is 15.0. The molecule has 1 saturated heterocycles. The van der Waals surface area contributed by atoms with Crippen molar-refractivity contribution >= 4 is 59.0 Å². The number of carbonyl (C=O) groups excluding carboxylic acids is 2. The molecule has 7 nitrogen and oxygen atoms in total. The molecule has 0 aromatic heterocycles. The lowest BCUT2D eigenvalue weighted by molar-refractivity contribution is -0.150. The Morgan fingerprint density at radius 1 is 1.00 bits per heavy atom. The van der Waals surface area contributed by atoms with E-state index in [0.717, 1.165) is 31.8 Å². The number of hydrogen-bond donors (Lipinski definition) is 1. The molecule has 0 unspecified atom stereocenters. The Balaban J connectivity index is 1.32. The maximum Gasteiger partial charge on any atom is 0.268 e. The van der Waals surface area contributed by atoms with E-state index in [9.17, 15) is 9.90 Å². The molecule has 2 amide bonds. The summed E-state index contributed by atoms with van der Waals surface area (Å²) in [5.41, 5.74) is 3.40. The number of rotatable bonds is 7. The van der Waals surface area contributed by atoms with Crippen LogP contribution in [0.1, 0.15) is 30.0 Å². The van der Waals surface area contributed by atoms with Gasteiger partial charge >= 0.3 is 0 Å². The van der Waals surface area contributed by atoms with E-state index in [4.69, 9.17) is 9.47 Å². The minimum absolute atomic E-state index is 0.0597. The number of amides is 2. The zero-order chi connectivity index (χ0) is 33.8. The highest BCUT2D eigenvalue weighted by Gasteiger charge is 2.67. The number of methoxy groups -OCH3 is 1. The van der Waals surface area contributed by atoms with Crippen molar-refractivity contribution in [2.75, 3.05) is 18.6 Å². The Bertz CT molecular complexity index is 1850. The molecule has 5 atom stereocenters. The van der Waals surface area contributed by atoms with Crippen molar-refractivity contribution in [3.05, 3.63) is 117 Å². The molecule has 0 saturated carbocycles. The van der Waals surface area contributed by atoms with Crippen LogP contribution >= 0.6 is 22.6 Å². The molecule has 0 bridgehead atoms. The Morgan fingerprint density at radius 3 is 2.38 bits per heavy atom. The average molecular weight is 773 g/mol. The van der Waals surface area contributed by atoms with Gasteiger partial charge in [-0.2, -0.15) is 0 Å². The zero-order valence-corrected chi connectivity index (χ0v) is 30.9. The van der Waals surface area contributed by atoms with Gasteiger partial charge in [-0.05, 0) is 88.1 Å². The standard InChI is InChI=1S/C39H41IN2O5Si/c1-25-37(48(3,4)32-17-15-31(46-2)16-18-32)35(22-36(44)41-23-27-11-9-8-10-26(27)20-30(41)24-43)47-39(25)33-21-28(40)14-19-34(33)42(38(39)45)29-12-6-5-7-13-29/h5-19,21,25,30,35,37,43H,20,22-24H2,1-4H3/t25-,30+,35+,37-,39+/m1/s1. The van der Waals surface area contributed by atoms with Crippen molar-refractivity contribution in [3.8, 4) is 5.75 Å². The van der Waals surface area contributed by atoms with Gasteiger partial charge in [0.15, 0.2) is 5.60 Å². The molecular formula is C39H41IN2O5Si. The summed E-state index contributed by atoms with van der Waals surface area (Å²) in [5.74, 6) is 0.386. The molecule has 3 aliphatic heterocycles. The SMILES string of the molecule is COc1ccc([Si](C)(C)[C@H]2[C@H](CC(=O)N3Cc4ccccc4C[C@H]3CO)O[C@@]3(C(=O)N(c4ccccc4)c4ccc(I)cc43)[C@@H]2C)cc1. The molecule has 7 rings (SSSR count). The van der Waals surface area contributed by atoms with E-state index in [1.54, 1.807) is 12.0 Å². The fraction of sp³-hybridized carbons (Fsp3) is 0.333. The molecule has 1 spiro atoms. The number of fused-ring (bicyclic) bond motifs is 3. The smallest absolute Gasteiger partial charge is 0.268 e. The predicted molar refractivity (Wildman–Crippen MR) is 199 cm³/mol. The van der Waals surface area contributed by atoms with Crippen LogP contribution in [-0.2, 0) is 32.9 Å². The van der Waals surface area contributed by atoms with Gasteiger partial charge in [-0.3, -0.25) is 14.5 Å². The van der Waals surface area contributed by atoms with Crippen LogP contribution in [0.2, 0.25) is 18.6 Å². The summed E-state index contributed by atoms with van der Waals surface area (Å²) >= 11 is 2.30. The van der Waals surface area contributed by atoms with Crippen LogP contribution in [0.5, 0.6) is 5.75 Å². The van der Waals surface area contributed by atoms with E-state index in [2.05, 4.69) is 72.9 Å². The second kappa shape index (κ2) is 12.7. The highest BCUT2D eigenvalue weighted by molar-refractivity contribution is 14.1. The first-order valence-corrected chi connectivity index (χ1v) is 20.7. The fourth-order valence-corrected chi connectivity index (χ4v) is 13.1. The third-order valence-corrected chi connectivity index (χ3v) is 16.0. The normalized spacial score (nSPS) is 24.9. The highest BCUT2D eigenvalue weighted by Crippen LogP contribution is 2.61. The van der Waals surface area contributed by atoms with Gasteiger partial charge in [-0.1, -0.05) is 79.8 Å². The van der Waals surface area contributed by atoms with Crippen LogP contribution in [0.15, 0.2) is 97.1 Å². The molecule has 4 aromatic rings. The second-order valence-corrected chi connectivity index (χ2v) is 19.8. The Labute approximate surface area is 297 Å². The largest absolute Gasteiger partial charge is 0.497 e. The monoisotopic (exact) mass is 772 g/mol. The molecule has 1 N–H and O–H groups in total. The number of hydrogen-bond acceptors (Lipinski definition) is 5. The molecule has 48 heavy (non-hydrogen) atoms. The van der Waals surface area contributed by atoms with Gasteiger partial charge in [0.1, 0.15) is 5.75 Å². The van der Waals surface area contributed by atoms with Crippen molar-refractivity contribution in [1.29, 1.82) is 0 Å². The third-order valence-electron chi connectivity index (χ3n) is 11.0. The molecule has 248 valence electrons. The first-order valence-electron chi connectivity index (χ1n) is 16.6. The number of carbonyl (C=O) groups is 2. The van der Waals surface area contributed by atoms with Crippen LogP contribution in [0.25, 0.3) is 0 Å². The quantitative estimate of drug-likeness (QED) is 0.171. The van der Waals surface area contributed by atoms with Gasteiger partial charge in [0.25, 0.3) is 5.91 Å². The lowest BCUT2D eigenvalue weighted by atomic mass is 9.82. The number of ether oxygens (including phenoxy) is 2. The van der Waals surface area contributed by atoms with Crippen LogP contribution < -0.4 is 14.8 Å². The summed E-state index contributed by atoms with van der Waals surface area (Å²) in [7, 11) is -0.776. The number of para-hydroxylation sites is 1. The number of nitrogens with zero attached hydrogens (tertiary/aromatic N) is 2. The molecule has 3 aliphatic rings. The molecular weight excluding hydrogens is 731 g/mol. The van der Waals surface area contributed by atoms with E-state index >= 15 is 4.79 Å². The number of anilines is 2. The van der Waals surface area contributed by atoms with Gasteiger partial charge in [-0.25, -0.2) is 0 Å². The molecule has 4 aromatic carbocycles. The van der Waals surface area contributed by atoms with Gasteiger partial charge in [0.2, 0.25) is 5.91 Å². The number of aliphatic hydroxyl groups excluding tert-OH is 1. The molecule has 9 heteroatoms. The van der Waals surface area contributed by atoms with Gasteiger partial charge in [0.05, 0.1) is 46.0 Å². The Hall–Kier alpha value is -3.51. The van der Waals surface area contributed by atoms with Crippen molar-refractivity contribution in [1.82, 2.24) is 4.90 Å². The van der Waals surface area contributed by atoms with Crippen molar-refractivity contribution in [2.45, 2.75) is 62.7 Å². The predicted octanol–water partition coefficient (Wildman–Crippen LogP) is 6.53. The summed E-state index contributed by atoms with van der Waals surface area (Å²) < 4.78 is 13.7. The van der Waals surface area contributed by atoms with E-state index in [0.29, 0.717) is 13.0 Å². The summed E-state index contributed by atoms with van der Waals surface area (Å²) in [5, 5.41) is 11.6. The molecule has 3 heterocycles. The van der Waals surface area contributed by atoms with E-state index < -0.39 is 19.8 Å². The minimum Gasteiger partial charge on any atom is -0.497 e. The van der Waals surface area contributed by atoms with Crippen LogP contribution in [0, 0.1) is 9.49 Å². The number of benzene rings is 4. The topological polar surface area (TPSA) is 79.3 Å². The zero-order valence-electron chi connectivity index (χ0n) is 27.7. The van der Waals surface area contributed by atoms with E-state index in [1.807, 2.05) is 71.6 Å². The lowest BCUT2D eigenvalue weighted by Gasteiger charge is -2.39. The van der Waals surface area contributed by atoms with Crippen molar-refractivity contribution < 1.29 is 24.2 Å². The van der Waals surface area contributed by atoms with Gasteiger partial charge in [-0.15, -0.1) is 0 Å². The lowest BCUT2D eigenvalue weighted by Crippen LogP contribution is -2.52. The first-order chi connectivity index (χ1) is 23.1. The van der Waals surface area contributed by atoms with Crippen molar-refractivity contribution in [2.24, 2.45) is 5.92 Å². The molecule has 1 fully saturated rings. The Morgan fingerprint density at radius 2 is 1.69 bits per heavy atom. The summed E-state index contributed by atoms with van der Waals surface area (Å²) in [6, 6.07) is 31.9. The van der Waals surface area contributed by atoms with Crippen molar-refractivity contribution in [3.63, 3.8) is 0 Å². The average Bonchev–Trinajstić information content (AvgIpc) is 3.53. The molecule has 0 radical (unpaired) electrons. The second-order valence-electron chi connectivity index (χ2n) is 13.8. The molecule has 0 aliphatic carbocycles. The summed E-state index contributed by atoms with van der Waals surface area (Å²) in [4.78, 5) is 33.1. The summed E-state index contributed by atoms with van der Waals surface area (Å²) in [6.07, 6.45) is 0.217. The minimum atomic E-state index is -2.44. The van der Waals surface area contributed by atoms with Crippen LogP contribution in [-0.4, -0.2) is 55.8 Å². The third kappa shape index (κ3) is 5.30. The van der Waals surface area contributed by atoms with E-state index in [-0.39, 0.29) is 42.3 Å². The van der Waals surface area contributed by atoms with Gasteiger partial charge < -0.3 is 19.5 Å². The van der Waals surface area contributed by atoms with Gasteiger partial charge in [0, 0.05) is 27.3 Å². The van der Waals surface area contributed by atoms with Crippen LogP contribution in [0.3, 0.4) is 0 Å². The number of aliphatic hydroxyl groups is 1. The van der Waals surface area contributed by atoms with Crippen LogP contribution in [0.4, 0.5) is 11.4 Å². The fourth-order valence-electron chi connectivity index (χ4n) is 8.58. The maximum absolute atomic E-state index is 15.0. The Kier molecular flexibility index (Phi) is 8.76. The van der Waals surface area contributed by atoms with E-state index in [1.165, 1.54) is 10.8 Å². The first kappa shape index (κ1) is 33.0.